The number of para-hydroxylation sites is 1. The molecule has 104 valence electrons. The summed E-state index contributed by atoms with van der Waals surface area (Å²) >= 11 is 0. The van der Waals surface area contributed by atoms with Crippen molar-refractivity contribution < 1.29 is 18.0 Å². The first kappa shape index (κ1) is 13.7. The molecule has 0 spiro atoms. The van der Waals surface area contributed by atoms with Crippen molar-refractivity contribution in [3.63, 3.8) is 0 Å². The molecule has 0 radical (unpaired) electrons. The molecule has 1 aliphatic heterocycles. The van der Waals surface area contributed by atoms with E-state index in [0.29, 0.717) is 5.69 Å². The molecule has 0 fully saturated rings. The molecule has 0 saturated carbocycles. The lowest BCUT2D eigenvalue weighted by atomic mass is 9.88. The number of primary amides is 1. The molecule has 0 bridgehead atoms. The first-order valence-corrected chi connectivity index (χ1v) is 6.04. The van der Waals surface area contributed by atoms with Gasteiger partial charge in [0.15, 0.2) is 0 Å². The minimum atomic E-state index is -4.27. The van der Waals surface area contributed by atoms with Crippen LogP contribution in [0.2, 0.25) is 0 Å². The Labute approximate surface area is 109 Å². The predicted molar refractivity (Wildman–Crippen MR) is 65.9 cm³/mol. The number of carbonyl (C=O) groups excluding carboxylic acids is 1. The van der Waals surface area contributed by atoms with Gasteiger partial charge in [0.25, 0.3) is 0 Å². The Morgan fingerprint density at radius 2 is 2.05 bits per heavy atom. The second-order valence-electron chi connectivity index (χ2n) is 4.71. The van der Waals surface area contributed by atoms with Gasteiger partial charge in [0.05, 0.1) is 5.92 Å². The van der Waals surface area contributed by atoms with Crippen LogP contribution in [-0.4, -0.2) is 24.7 Å². The van der Waals surface area contributed by atoms with Gasteiger partial charge in [0.1, 0.15) is 6.04 Å². The van der Waals surface area contributed by atoms with Gasteiger partial charge in [-0.1, -0.05) is 18.2 Å². The molecule has 0 saturated heterocycles. The number of anilines is 1. The zero-order valence-electron chi connectivity index (χ0n) is 10.4. The van der Waals surface area contributed by atoms with Gasteiger partial charge in [-0.15, -0.1) is 0 Å². The van der Waals surface area contributed by atoms with Gasteiger partial charge in [0.2, 0.25) is 5.91 Å². The van der Waals surface area contributed by atoms with Crippen LogP contribution in [0.1, 0.15) is 24.8 Å². The fourth-order valence-corrected chi connectivity index (χ4v) is 2.48. The van der Waals surface area contributed by atoms with Crippen molar-refractivity contribution in [2.24, 2.45) is 5.73 Å². The monoisotopic (exact) mass is 272 g/mol. The van der Waals surface area contributed by atoms with Crippen molar-refractivity contribution in [3.8, 4) is 0 Å². The number of nitrogens with two attached hydrogens (primary N) is 1. The van der Waals surface area contributed by atoms with Crippen LogP contribution < -0.4 is 10.6 Å². The Morgan fingerprint density at radius 1 is 1.42 bits per heavy atom. The largest absolute Gasteiger partial charge is 0.395 e. The average Bonchev–Trinajstić information content (AvgIpc) is 2.35. The molecule has 2 N–H and O–H groups in total. The van der Waals surface area contributed by atoms with Gasteiger partial charge in [-0.05, 0) is 25.0 Å². The first-order valence-electron chi connectivity index (χ1n) is 6.04. The number of benzene rings is 1. The van der Waals surface area contributed by atoms with Gasteiger partial charge in [-0.2, -0.15) is 13.2 Å². The van der Waals surface area contributed by atoms with Crippen LogP contribution in [-0.2, 0) is 4.79 Å². The summed E-state index contributed by atoms with van der Waals surface area (Å²) in [6.07, 6.45) is -4.32. The molecule has 2 atom stereocenters. The van der Waals surface area contributed by atoms with E-state index >= 15 is 0 Å². The molecule has 3 nitrogen and oxygen atoms in total. The van der Waals surface area contributed by atoms with E-state index in [-0.39, 0.29) is 18.5 Å². The maximum Gasteiger partial charge on any atom is 0.395 e. The quantitative estimate of drug-likeness (QED) is 0.898. The second-order valence-corrected chi connectivity index (χ2v) is 4.71. The minimum Gasteiger partial charge on any atom is -0.368 e. The van der Waals surface area contributed by atoms with Gasteiger partial charge in [0, 0.05) is 12.2 Å². The number of nitrogens with zero attached hydrogens (tertiary/aromatic N) is 1. The number of halogens is 3. The van der Waals surface area contributed by atoms with Crippen molar-refractivity contribution in [3.05, 3.63) is 29.8 Å². The molecule has 0 aliphatic carbocycles. The van der Waals surface area contributed by atoms with Gasteiger partial charge in [-0.25, -0.2) is 0 Å². The van der Waals surface area contributed by atoms with Gasteiger partial charge < -0.3 is 10.6 Å². The van der Waals surface area contributed by atoms with Crippen LogP contribution in [0.3, 0.4) is 0 Å². The Bertz CT molecular complexity index is 487. The lowest BCUT2D eigenvalue weighted by molar-refractivity contribution is -0.152. The van der Waals surface area contributed by atoms with Crippen molar-refractivity contribution >= 4 is 11.6 Å². The third-order valence-electron chi connectivity index (χ3n) is 3.55. The van der Waals surface area contributed by atoms with Crippen molar-refractivity contribution in [2.45, 2.75) is 31.5 Å². The number of fused-ring (bicyclic) bond motifs is 1. The smallest absolute Gasteiger partial charge is 0.368 e. The van der Waals surface area contributed by atoms with E-state index in [9.17, 15) is 18.0 Å². The number of rotatable bonds is 2. The van der Waals surface area contributed by atoms with E-state index in [0.717, 1.165) is 0 Å². The highest BCUT2D eigenvalue weighted by atomic mass is 19.4. The van der Waals surface area contributed by atoms with Gasteiger partial charge in [-0.3, -0.25) is 4.79 Å². The fourth-order valence-electron chi connectivity index (χ4n) is 2.48. The molecule has 1 amide bonds. The lowest BCUT2D eigenvalue weighted by Gasteiger charge is -2.38. The number of alkyl halides is 3. The van der Waals surface area contributed by atoms with E-state index in [1.807, 2.05) is 0 Å². The molecular weight excluding hydrogens is 257 g/mol. The normalized spacial score (nSPS) is 20.8. The van der Waals surface area contributed by atoms with E-state index in [1.165, 1.54) is 6.07 Å². The highest BCUT2D eigenvalue weighted by molar-refractivity contribution is 5.83. The Morgan fingerprint density at radius 3 is 2.63 bits per heavy atom. The van der Waals surface area contributed by atoms with Crippen LogP contribution in [0, 0.1) is 0 Å². The summed E-state index contributed by atoms with van der Waals surface area (Å²) in [6.45, 7) is 1.78. The second kappa shape index (κ2) is 4.75. The standard InChI is InChI=1S/C13H15F3N2O/c1-8(12(17)19)18-7-6-10(13(14,15)16)9-4-2-3-5-11(9)18/h2-5,8,10H,6-7H2,1H3,(H2,17,19). The average molecular weight is 272 g/mol. The summed E-state index contributed by atoms with van der Waals surface area (Å²) in [7, 11) is 0. The number of hydrogen-bond acceptors (Lipinski definition) is 2. The first-order chi connectivity index (χ1) is 8.82. The summed E-state index contributed by atoms with van der Waals surface area (Å²) in [5, 5.41) is 0. The SMILES string of the molecule is CC(C(N)=O)N1CCC(C(F)(F)F)c2ccccc21. The van der Waals surface area contributed by atoms with Gasteiger partial charge >= 0.3 is 6.18 Å². The molecule has 19 heavy (non-hydrogen) atoms. The van der Waals surface area contributed by atoms with Crippen LogP contribution in [0.25, 0.3) is 0 Å². The van der Waals surface area contributed by atoms with E-state index in [1.54, 1.807) is 30.0 Å². The summed E-state index contributed by atoms with van der Waals surface area (Å²) in [5.74, 6) is -2.01. The molecule has 2 rings (SSSR count). The molecule has 1 aromatic rings. The van der Waals surface area contributed by atoms with Crippen LogP contribution in [0.15, 0.2) is 24.3 Å². The van der Waals surface area contributed by atoms with Crippen molar-refractivity contribution in [1.29, 1.82) is 0 Å². The molecule has 0 aromatic heterocycles. The van der Waals surface area contributed by atoms with Crippen LogP contribution >= 0.6 is 0 Å². The predicted octanol–water partition coefficient (Wildman–Crippen LogP) is 2.42. The number of amides is 1. The highest BCUT2D eigenvalue weighted by Crippen LogP contribution is 2.45. The van der Waals surface area contributed by atoms with Crippen molar-refractivity contribution in [2.75, 3.05) is 11.4 Å². The summed E-state index contributed by atoms with van der Waals surface area (Å²) in [4.78, 5) is 12.9. The summed E-state index contributed by atoms with van der Waals surface area (Å²) in [5.41, 5.74) is 5.91. The van der Waals surface area contributed by atoms with Crippen LogP contribution in [0.5, 0.6) is 0 Å². The molecule has 1 aliphatic rings. The Hall–Kier alpha value is -1.72. The topological polar surface area (TPSA) is 46.3 Å². The third kappa shape index (κ3) is 2.52. The van der Waals surface area contributed by atoms with Crippen molar-refractivity contribution in [1.82, 2.24) is 0 Å². The maximum absolute atomic E-state index is 13.0. The number of carbonyl (C=O) groups is 1. The molecular formula is C13H15F3N2O. The molecule has 2 unspecified atom stereocenters. The van der Waals surface area contributed by atoms with E-state index in [2.05, 4.69) is 0 Å². The van der Waals surface area contributed by atoms with E-state index in [4.69, 9.17) is 5.73 Å². The Balaban J connectivity index is 2.43. The summed E-state index contributed by atoms with van der Waals surface area (Å²) in [6, 6.07) is 5.70. The summed E-state index contributed by atoms with van der Waals surface area (Å²) < 4.78 is 39.0. The maximum atomic E-state index is 13.0. The molecule has 1 heterocycles. The number of hydrogen-bond donors (Lipinski definition) is 1. The zero-order valence-corrected chi connectivity index (χ0v) is 10.4. The minimum absolute atomic E-state index is 0.0574. The third-order valence-corrected chi connectivity index (χ3v) is 3.55. The fraction of sp³-hybridized carbons (Fsp3) is 0.462. The van der Waals surface area contributed by atoms with E-state index < -0.39 is 24.0 Å². The highest BCUT2D eigenvalue weighted by Gasteiger charge is 2.44. The lowest BCUT2D eigenvalue weighted by Crippen LogP contribution is -2.47. The Kier molecular flexibility index (Phi) is 3.43. The van der Waals surface area contributed by atoms with Crippen LogP contribution in [0.4, 0.5) is 18.9 Å². The molecule has 6 heteroatoms. The molecule has 1 aromatic carbocycles. The zero-order chi connectivity index (χ0) is 14.2.